The summed E-state index contributed by atoms with van der Waals surface area (Å²) < 4.78 is 0. The SMILES string of the molecule is CCCCOOC(=O)CCc1ccnc(N)c1. The maximum atomic E-state index is 11.3. The first-order valence-corrected chi connectivity index (χ1v) is 5.75. The molecule has 94 valence electrons. The molecule has 0 fully saturated rings. The molecular weight excluding hydrogens is 220 g/mol. The van der Waals surface area contributed by atoms with Crippen LogP contribution >= 0.6 is 0 Å². The number of carbonyl (C=O) groups excluding carboxylic acids is 1. The fourth-order valence-corrected chi connectivity index (χ4v) is 1.25. The number of aryl methyl sites for hydroxylation is 1. The van der Waals surface area contributed by atoms with Crippen molar-refractivity contribution in [3.05, 3.63) is 23.9 Å². The Morgan fingerprint density at radius 3 is 3.06 bits per heavy atom. The van der Waals surface area contributed by atoms with Crippen molar-refractivity contribution in [2.45, 2.75) is 32.6 Å². The highest BCUT2D eigenvalue weighted by Gasteiger charge is 2.05. The number of anilines is 1. The van der Waals surface area contributed by atoms with Crippen LogP contribution in [0.5, 0.6) is 0 Å². The number of nitrogens with zero attached hydrogens (tertiary/aromatic N) is 1. The van der Waals surface area contributed by atoms with Crippen LogP contribution in [0.4, 0.5) is 5.82 Å². The van der Waals surface area contributed by atoms with Crippen molar-refractivity contribution in [3.8, 4) is 0 Å². The molecule has 5 heteroatoms. The average Bonchev–Trinajstić information content (AvgIpc) is 2.32. The molecule has 0 aromatic carbocycles. The van der Waals surface area contributed by atoms with E-state index in [9.17, 15) is 4.79 Å². The van der Waals surface area contributed by atoms with Crippen LogP contribution in [-0.2, 0) is 21.0 Å². The summed E-state index contributed by atoms with van der Waals surface area (Å²) in [6, 6.07) is 3.56. The molecule has 0 bridgehead atoms. The quantitative estimate of drug-likeness (QED) is 0.446. The molecule has 0 saturated carbocycles. The molecule has 0 aliphatic carbocycles. The van der Waals surface area contributed by atoms with E-state index in [1.807, 2.05) is 13.0 Å². The summed E-state index contributed by atoms with van der Waals surface area (Å²) in [6.45, 7) is 2.49. The second-order valence-corrected chi connectivity index (χ2v) is 3.72. The molecule has 1 heterocycles. The van der Waals surface area contributed by atoms with Crippen LogP contribution < -0.4 is 5.73 Å². The van der Waals surface area contributed by atoms with Crippen molar-refractivity contribution < 1.29 is 14.6 Å². The molecule has 0 aliphatic heterocycles. The topological polar surface area (TPSA) is 74.4 Å². The Balaban J connectivity index is 2.19. The second-order valence-electron chi connectivity index (χ2n) is 3.72. The molecule has 5 nitrogen and oxygen atoms in total. The summed E-state index contributed by atoms with van der Waals surface area (Å²) >= 11 is 0. The fraction of sp³-hybridized carbons (Fsp3) is 0.500. The molecule has 0 unspecified atom stereocenters. The summed E-state index contributed by atoms with van der Waals surface area (Å²) in [6.07, 6.45) is 4.36. The number of aromatic nitrogens is 1. The maximum absolute atomic E-state index is 11.3. The third-order valence-electron chi connectivity index (χ3n) is 2.20. The van der Waals surface area contributed by atoms with Gasteiger partial charge in [0.05, 0.1) is 13.0 Å². The zero-order valence-corrected chi connectivity index (χ0v) is 10.0. The van der Waals surface area contributed by atoms with Gasteiger partial charge in [0.15, 0.2) is 0 Å². The summed E-state index contributed by atoms with van der Waals surface area (Å²) in [7, 11) is 0. The fourth-order valence-electron chi connectivity index (χ4n) is 1.25. The molecule has 1 rings (SSSR count). The second kappa shape index (κ2) is 7.62. The van der Waals surface area contributed by atoms with Gasteiger partial charge < -0.3 is 5.73 Å². The highest BCUT2D eigenvalue weighted by Crippen LogP contribution is 2.06. The van der Waals surface area contributed by atoms with Crippen molar-refractivity contribution in [1.29, 1.82) is 0 Å². The van der Waals surface area contributed by atoms with Crippen molar-refractivity contribution in [1.82, 2.24) is 4.98 Å². The van der Waals surface area contributed by atoms with Gasteiger partial charge in [-0.25, -0.2) is 9.78 Å². The summed E-state index contributed by atoms with van der Waals surface area (Å²) in [5.74, 6) is 0.0894. The van der Waals surface area contributed by atoms with Gasteiger partial charge in [0.2, 0.25) is 0 Å². The van der Waals surface area contributed by atoms with Crippen LogP contribution in [0.15, 0.2) is 18.3 Å². The Hall–Kier alpha value is -1.62. The minimum atomic E-state index is -0.364. The van der Waals surface area contributed by atoms with E-state index in [1.165, 1.54) is 0 Å². The highest BCUT2D eigenvalue weighted by atomic mass is 17.2. The first-order valence-electron chi connectivity index (χ1n) is 5.75. The molecule has 0 atom stereocenters. The van der Waals surface area contributed by atoms with Gasteiger partial charge >= 0.3 is 5.97 Å². The van der Waals surface area contributed by atoms with Gasteiger partial charge in [-0.15, -0.1) is 0 Å². The third kappa shape index (κ3) is 5.87. The van der Waals surface area contributed by atoms with E-state index in [1.54, 1.807) is 12.3 Å². The Morgan fingerprint density at radius 2 is 2.35 bits per heavy atom. The number of unbranched alkanes of at least 4 members (excludes halogenated alkanes) is 1. The van der Waals surface area contributed by atoms with E-state index >= 15 is 0 Å². The lowest BCUT2D eigenvalue weighted by Gasteiger charge is -2.03. The Kier molecular flexibility index (Phi) is 6.03. The third-order valence-corrected chi connectivity index (χ3v) is 2.20. The van der Waals surface area contributed by atoms with Crippen molar-refractivity contribution >= 4 is 11.8 Å². The summed E-state index contributed by atoms with van der Waals surface area (Å²) in [5, 5.41) is 0. The smallest absolute Gasteiger partial charge is 0.342 e. The number of carbonyl (C=O) groups is 1. The van der Waals surface area contributed by atoms with E-state index in [0.29, 0.717) is 18.8 Å². The van der Waals surface area contributed by atoms with Gasteiger partial charge in [0.25, 0.3) is 0 Å². The number of pyridine rings is 1. The molecule has 0 spiro atoms. The van der Waals surface area contributed by atoms with Crippen LogP contribution in [0.3, 0.4) is 0 Å². The Morgan fingerprint density at radius 1 is 1.53 bits per heavy atom. The zero-order chi connectivity index (χ0) is 12.5. The number of hydrogen-bond acceptors (Lipinski definition) is 5. The van der Waals surface area contributed by atoms with Crippen LogP contribution in [0.25, 0.3) is 0 Å². The van der Waals surface area contributed by atoms with E-state index in [-0.39, 0.29) is 12.4 Å². The number of nitrogen functional groups attached to an aromatic ring is 1. The number of rotatable bonds is 7. The average molecular weight is 238 g/mol. The van der Waals surface area contributed by atoms with Crippen molar-refractivity contribution in [3.63, 3.8) is 0 Å². The highest BCUT2D eigenvalue weighted by molar-refractivity contribution is 5.69. The summed E-state index contributed by atoms with van der Waals surface area (Å²) in [4.78, 5) is 24.5. The lowest BCUT2D eigenvalue weighted by atomic mass is 10.1. The Labute approximate surface area is 101 Å². The minimum absolute atomic E-state index is 0.273. The minimum Gasteiger partial charge on any atom is -0.384 e. The normalized spacial score (nSPS) is 10.2. The Bertz CT molecular complexity index is 355. The van der Waals surface area contributed by atoms with Gasteiger partial charge in [0.1, 0.15) is 5.82 Å². The van der Waals surface area contributed by atoms with Gasteiger partial charge in [-0.05, 0) is 30.5 Å². The van der Waals surface area contributed by atoms with E-state index in [0.717, 1.165) is 18.4 Å². The zero-order valence-electron chi connectivity index (χ0n) is 10.0. The maximum Gasteiger partial charge on any atom is 0.342 e. The molecule has 1 aromatic heterocycles. The number of nitrogens with two attached hydrogens (primary N) is 1. The van der Waals surface area contributed by atoms with Crippen LogP contribution in [0, 0.1) is 0 Å². The monoisotopic (exact) mass is 238 g/mol. The largest absolute Gasteiger partial charge is 0.384 e. The molecule has 2 N–H and O–H groups in total. The standard InChI is InChI=1S/C12H18N2O3/c1-2-3-8-16-17-12(15)5-4-10-6-7-14-11(13)9-10/h6-7,9H,2-5,8H2,1H3,(H2,13,14). The molecule has 0 aliphatic rings. The predicted molar refractivity (Wildman–Crippen MR) is 63.9 cm³/mol. The van der Waals surface area contributed by atoms with E-state index in [2.05, 4.69) is 9.87 Å². The predicted octanol–water partition coefficient (Wildman–Crippen LogP) is 1.87. The van der Waals surface area contributed by atoms with Crippen LogP contribution in [-0.4, -0.2) is 17.6 Å². The molecule has 0 saturated heterocycles. The van der Waals surface area contributed by atoms with Crippen molar-refractivity contribution in [2.24, 2.45) is 0 Å². The summed E-state index contributed by atoms with van der Waals surface area (Å²) in [5.41, 5.74) is 6.49. The van der Waals surface area contributed by atoms with Gasteiger partial charge in [-0.1, -0.05) is 13.3 Å². The van der Waals surface area contributed by atoms with E-state index < -0.39 is 0 Å². The van der Waals surface area contributed by atoms with Crippen LogP contribution in [0.1, 0.15) is 31.7 Å². The molecule has 0 radical (unpaired) electrons. The molecule has 17 heavy (non-hydrogen) atoms. The van der Waals surface area contributed by atoms with Crippen molar-refractivity contribution in [2.75, 3.05) is 12.3 Å². The van der Waals surface area contributed by atoms with Gasteiger partial charge in [0, 0.05) is 6.20 Å². The molecular formula is C12H18N2O3. The lowest BCUT2D eigenvalue weighted by molar-refractivity contribution is -0.272. The molecule has 0 amide bonds. The number of hydrogen-bond donors (Lipinski definition) is 1. The van der Waals surface area contributed by atoms with Gasteiger partial charge in [-0.2, -0.15) is 4.89 Å². The van der Waals surface area contributed by atoms with Gasteiger partial charge in [-0.3, -0.25) is 4.89 Å². The molecule has 1 aromatic rings. The lowest BCUT2D eigenvalue weighted by Crippen LogP contribution is -2.07. The first kappa shape index (κ1) is 13.4. The van der Waals surface area contributed by atoms with Crippen LogP contribution in [0.2, 0.25) is 0 Å². The van der Waals surface area contributed by atoms with E-state index in [4.69, 9.17) is 10.6 Å². The first-order chi connectivity index (χ1) is 8.22.